The third-order valence-electron chi connectivity index (χ3n) is 6.26. The molecule has 0 heterocycles. The molecule has 38 heavy (non-hydrogen) atoms. The van der Waals surface area contributed by atoms with E-state index in [-0.39, 0.29) is 0 Å². The van der Waals surface area contributed by atoms with E-state index in [9.17, 15) is 9.59 Å². The van der Waals surface area contributed by atoms with Gasteiger partial charge in [0.25, 0.3) is 0 Å². The number of esters is 2. The van der Waals surface area contributed by atoms with Crippen LogP contribution in [-0.4, -0.2) is 25.2 Å². The minimum absolute atomic E-state index is 0.293. The summed E-state index contributed by atoms with van der Waals surface area (Å²) in [5.41, 5.74) is 2.86. The predicted molar refractivity (Wildman–Crippen MR) is 160 cm³/mol. The van der Waals surface area contributed by atoms with Gasteiger partial charge in [0, 0.05) is 0 Å². The average Bonchev–Trinajstić information content (AvgIpc) is 2.96. The summed E-state index contributed by atoms with van der Waals surface area (Å²) in [5, 5.41) is 0. The van der Waals surface area contributed by atoms with Crippen molar-refractivity contribution in [2.45, 2.75) is 90.9 Å². The normalized spacial score (nSPS) is 10.2. The Balaban J connectivity index is 0.000000600. The summed E-state index contributed by atoms with van der Waals surface area (Å²) in [7, 11) is 0. The van der Waals surface area contributed by atoms with Gasteiger partial charge in [0.05, 0.1) is 24.3 Å². The van der Waals surface area contributed by atoms with Gasteiger partial charge < -0.3 is 9.47 Å². The van der Waals surface area contributed by atoms with E-state index in [4.69, 9.17) is 9.47 Å². The van der Waals surface area contributed by atoms with Crippen LogP contribution in [0.5, 0.6) is 0 Å². The van der Waals surface area contributed by atoms with Gasteiger partial charge in [0.1, 0.15) is 0 Å². The average molecular weight is 521 g/mol. The number of carbonyl (C=O) groups excluding carboxylic acids is 2. The Morgan fingerprint density at radius 2 is 0.921 bits per heavy atom. The first-order valence-corrected chi connectivity index (χ1v) is 14.4. The minimum Gasteiger partial charge on any atom is -0.462 e. The van der Waals surface area contributed by atoms with Gasteiger partial charge in [0.2, 0.25) is 0 Å². The highest BCUT2D eigenvalue weighted by Gasteiger charge is 2.18. The zero-order valence-electron chi connectivity index (χ0n) is 23.7. The van der Waals surface area contributed by atoms with Crippen molar-refractivity contribution in [3.05, 3.63) is 83.9 Å². The topological polar surface area (TPSA) is 52.6 Å². The Morgan fingerprint density at radius 3 is 1.29 bits per heavy atom. The Morgan fingerprint density at radius 1 is 0.579 bits per heavy atom. The lowest BCUT2D eigenvalue weighted by Gasteiger charge is -2.10. The van der Waals surface area contributed by atoms with Gasteiger partial charge in [-0.1, -0.05) is 140 Å². The van der Waals surface area contributed by atoms with Crippen LogP contribution in [0, 0.1) is 0 Å². The first kappa shape index (κ1) is 32.9. The van der Waals surface area contributed by atoms with Crippen LogP contribution >= 0.6 is 0 Å². The maximum absolute atomic E-state index is 12.4. The van der Waals surface area contributed by atoms with E-state index in [0.29, 0.717) is 24.3 Å². The van der Waals surface area contributed by atoms with Crippen molar-refractivity contribution in [3.8, 4) is 0 Å². The summed E-state index contributed by atoms with van der Waals surface area (Å²) in [4.78, 5) is 24.7. The number of rotatable bonds is 18. The summed E-state index contributed by atoms with van der Waals surface area (Å²) in [6, 6.07) is 14.8. The van der Waals surface area contributed by atoms with Crippen LogP contribution in [-0.2, 0) is 9.47 Å². The van der Waals surface area contributed by atoms with Crippen LogP contribution in [0.4, 0.5) is 0 Å². The SMILES string of the molecule is C=Cc1ccccc1C=C.CCCCCCCCOC(=O)c1ccccc1C(=O)OCCCCCCCC. The third kappa shape index (κ3) is 14.0. The third-order valence-corrected chi connectivity index (χ3v) is 6.26. The zero-order chi connectivity index (χ0) is 27.8. The molecule has 0 fully saturated rings. The second kappa shape index (κ2) is 21.9. The summed E-state index contributed by atoms with van der Waals surface area (Å²) < 4.78 is 10.7. The van der Waals surface area contributed by atoms with Gasteiger partial charge in [0.15, 0.2) is 0 Å². The molecule has 2 aromatic rings. The molecule has 0 aromatic heterocycles. The Hall–Kier alpha value is -3.14. The summed E-state index contributed by atoms with van der Waals surface area (Å²) in [6.45, 7) is 12.6. The van der Waals surface area contributed by atoms with E-state index in [2.05, 4.69) is 27.0 Å². The molecule has 0 aliphatic heterocycles. The largest absolute Gasteiger partial charge is 0.462 e. The fraction of sp³-hybridized carbons (Fsp3) is 0.471. The van der Waals surface area contributed by atoms with Crippen molar-refractivity contribution in [1.82, 2.24) is 0 Å². The van der Waals surface area contributed by atoms with E-state index >= 15 is 0 Å². The predicted octanol–water partition coefficient (Wildman–Crippen LogP) is 9.69. The fourth-order valence-corrected chi connectivity index (χ4v) is 3.97. The van der Waals surface area contributed by atoms with Crippen molar-refractivity contribution in [2.24, 2.45) is 0 Å². The number of unbranched alkanes of at least 4 members (excludes halogenated alkanes) is 10. The number of carbonyl (C=O) groups is 2. The van der Waals surface area contributed by atoms with Crippen LogP contribution in [0.15, 0.2) is 61.7 Å². The molecule has 208 valence electrons. The molecular formula is C34H48O4. The molecule has 4 nitrogen and oxygen atoms in total. The minimum atomic E-state index is -0.444. The molecule has 0 unspecified atom stereocenters. The summed E-state index contributed by atoms with van der Waals surface area (Å²) in [5.74, 6) is -0.888. The lowest BCUT2D eigenvalue weighted by Crippen LogP contribution is -2.15. The molecule has 0 spiro atoms. The quantitative estimate of drug-likeness (QED) is 0.145. The van der Waals surface area contributed by atoms with Crippen molar-refractivity contribution in [1.29, 1.82) is 0 Å². The zero-order valence-corrected chi connectivity index (χ0v) is 23.7. The van der Waals surface area contributed by atoms with Crippen molar-refractivity contribution < 1.29 is 19.1 Å². The molecular weight excluding hydrogens is 472 g/mol. The molecule has 0 amide bonds. The highest BCUT2D eigenvalue weighted by Crippen LogP contribution is 2.14. The van der Waals surface area contributed by atoms with E-state index in [0.717, 1.165) is 36.8 Å². The van der Waals surface area contributed by atoms with Gasteiger partial charge in [-0.05, 0) is 36.1 Å². The van der Waals surface area contributed by atoms with E-state index in [1.165, 1.54) is 51.4 Å². The van der Waals surface area contributed by atoms with Crippen molar-refractivity contribution in [2.75, 3.05) is 13.2 Å². The molecule has 0 aliphatic rings. The molecule has 4 heteroatoms. The molecule has 0 atom stereocenters. The monoisotopic (exact) mass is 520 g/mol. The lowest BCUT2D eigenvalue weighted by molar-refractivity contribution is 0.0450. The van der Waals surface area contributed by atoms with Crippen LogP contribution in [0.1, 0.15) is 123 Å². The number of benzene rings is 2. The first-order valence-electron chi connectivity index (χ1n) is 14.4. The maximum Gasteiger partial charge on any atom is 0.339 e. The highest BCUT2D eigenvalue weighted by atomic mass is 16.5. The van der Waals surface area contributed by atoms with Crippen molar-refractivity contribution >= 4 is 24.1 Å². The Bertz CT molecular complexity index is 871. The smallest absolute Gasteiger partial charge is 0.339 e. The number of ether oxygens (including phenoxy) is 2. The molecule has 0 radical (unpaired) electrons. The maximum atomic E-state index is 12.4. The van der Waals surface area contributed by atoms with E-state index < -0.39 is 11.9 Å². The van der Waals surface area contributed by atoms with Crippen molar-refractivity contribution in [3.63, 3.8) is 0 Å². The summed E-state index contributed by atoms with van der Waals surface area (Å²) in [6.07, 6.45) is 17.3. The second-order valence-corrected chi connectivity index (χ2v) is 9.39. The second-order valence-electron chi connectivity index (χ2n) is 9.39. The van der Waals surface area contributed by atoms with Crippen LogP contribution in [0.2, 0.25) is 0 Å². The van der Waals surface area contributed by atoms with Crippen LogP contribution in [0.3, 0.4) is 0 Å². The van der Waals surface area contributed by atoms with Gasteiger partial charge in [-0.3, -0.25) is 0 Å². The first-order chi connectivity index (χ1) is 18.6. The standard InChI is InChI=1S/C24H38O4.C10H10/c1-3-5-7-9-11-15-19-27-23(25)21-17-13-14-18-22(21)24(26)28-20-16-12-10-8-6-4-2;1-3-9-7-5-6-8-10(9)4-2/h13-14,17-18H,3-12,15-16,19-20H2,1-2H3;3-8H,1-2H2. The molecule has 0 saturated heterocycles. The van der Waals surface area contributed by atoms with E-state index in [1.54, 1.807) is 24.3 Å². The summed E-state index contributed by atoms with van der Waals surface area (Å²) >= 11 is 0. The molecule has 2 aromatic carbocycles. The van der Waals surface area contributed by atoms with Gasteiger partial charge in [-0.15, -0.1) is 0 Å². The Labute approximate surface area is 231 Å². The molecule has 2 rings (SSSR count). The molecule has 0 bridgehead atoms. The molecule has 0 saturated carbocycles. The number of hydrogen-bond donors (Lipinski definition) is 0. The number of hydrogen-bond acceptors (Lipinski definition) is 4. The van der Waals surface area contributed by atoms with Crippen LogP contribution < -0.4 is 0 Å². The fourth-order valence-electron chi connectivity index (χ4n) is 3.97. The van der Waals surface area contributed by atoms with Gasteiger partial charge >= 0.3 is 11.9 Å². The molecule has 0 N–H and O–H groups in total. The van der Waals surface area contributed by atoms with Gasteiger partial charge in [-0.25, -0.2) is 9.59 Å². The van der Waals surface area contributed by atoms with E-state index in [1.807, 2.05) is 36.4 Å². The lowest BCUT2D eigenvalue weighted by atomic mass is 10.1. The Kier molecular flexibility index (Phi) is 19.0. The van der Waals surface area contributed by atoms with Crippen LogP contribution in [0.25, 0.3) is 12.2 Å². The highest BCUT2D eigenvalue weighted by molar-refractivity contribution is 6.03. The van der Waals surface area contributed by atoms with Gasteiger partial charge in [-0.2, -0.15) is 0 Å². The molecule has 0 aliphatic carbocycles.